The predicted octanol–water partition coefficient (Wildman–Crippen LogP) is 0.417. The maximum Gasteiger partial charge on any atom is 0.243 e. The van der Waals surface area contributed by atoms with E-state index in [0.717, 1.165) is 32.7 Å². The van der Waals surface area contributed by atoms with Crippen LogP contribution < -0.4 is 0 Å². The van der Waals surface area contributed by atoms with Gasteiger partial charge in [-0.25, -0.2) is 8.42 Å². The summed E-state index contributed by atoms with van der Waals surface area (Å²) in [6.07, 6.45) is 0. The summed E-state index contributed by atoms with van der Waals surface area (Å²) in [5, 5.41) is 8.88. The Kier molecular flexibility index (Phi) is 6.90. The molecule has 1 aromatic carbocycles. The lowest BCUT2D eigenvalue weighted by Crippen LogP contribution is -2.57. The molecule has 2 heterocycles. The van der Waals surface area contributed by atoms with E-state index in [1.807, 2.05) is 17.9 Å². The molecule has 2 saturated heterocycles. The van der Waals surface area contributed by atoms with Gasteiger partial charge in [-0.15, -0.1) is 0 Å². The predicted molar refractivity (Wildman–Crippen MR) is 110 cm³/mol. The highest BCUT2D eigenvalue weighted by atomic mass is 32.2. The van der Waals surface area contributed by atoms with Crippen molar-refractivity contribution in [3.8, 4) is 6.07 Å². The average molecular weight is 420 g/mol. The number of carbonyl (C=O) groups excluding carboxylic acids is 1. The minimum absolute atomic E-state index is 0.129. The van der Waals surface area contributed by atoms with E-state index in [1.165, 1.54) is 28.6 Å². The number of amides is 1. The molecule has 158 valence electrons. The molecule has 29 heavy (non-hydrogen) atoms. The fourth-order valence-corrected chi connectivity index (χ4v) is 5.31. The highest BCUT2D eigenvalue weighted by molar-refractivity contribution is 7.89. The second-order valence-electron chi connectivity index (χ2n) is 7.51. The molecule has 0 unspecified atom stereocenters. The summed E-state index contributed by atoms with van der Waals surface area (Å²) < 4.78 is 27.2. The topological polar surface area (TPSA) is 88.0 Å². The number of rotatable bonds is 5. The van der Waals surface area contributed by atoms with Gasteiger partial charge in [0, 0.05) is 52.4 Å². The van der Waals surface area contributed by atoms with E-state index >= 15 is 0 Å². The third kappa shape index (κ3) is 4.78. The number of nitrogens with zero attached hydrogens (tertiary/aromatic N) is 5. The quantitative estimate of drug-likeness (QED) is 0.687. The lowest BCUT2D eigenvalue weighted by molar-refractivity contribution is -0.138. The highest BCUT2D eigenvalue weighted by Gasteiger charge is 2.33. The fraction of sp³-hybridized carbons (Fsp3) is 0.600. The van der Waals surface area contributed by atoms with Crippen LogP contribution in [-0.2, 0) is 14.8 Å². The lowest BCUT2D eigenvalue weighted by atomic mass is 10.2. The van der Waals surface area contributed by atoms with Crippen molar-refractivity contribution in [3.05, 3.63) is 29.8 Å². The Labute approximate surface area is 173 Å². The summed E-state index contributed by atoms with van der Waals surface area (Å²) in [4.78, 5) is 19.4. The van der Waals surface area contributed by atoms with Crippen molar-refractivity contribution < 1.29 is 13.2 Å². The van der Waals surface area contributed by atoms with E-state index in [4.69, 9.17) is 5.26 Å². The first-order valence-corrected chi connectivity index (χ1v) is 11.6. The molecule has 0 N–H and O–H groups in total. The zero-order valence-corrected chi connectivity index (χ0v) is 17.9. The molecule has 8 nitrogen and oxygen atoms in total. The van der Waals surface area contributed by atoms with Gasteiger partial charge < -0.3 is 9.80 Å². The number of piperazine rings is 2. The van der Waals surface area contributed by atoms with E-state index in [-0.39, 0.29) is 16.8 Å². The normalized spacial score (nSPS) is 20.9. The second-order valence-corrected chi connectivity index (χ2v) is 9.45. The van der Waals surface area contributed by atoms with Gasteiger partial charge in [-0.1, -0.05) is 6.92 Å². The van der Waals surface area contributed by atoms with Crippen LogP contribution >= 0.6 is 0 Å². The maximum absolute atomic E-state index is 12.9. The summed E-state index contributed by atoms with van der Waals surface area (Å²) in [6.45, 7) is 10.1. The molecular weight excluding hydrogens is 390 g/mol. The van der Waals surface area contributed by atoms with Crippen LogP contribution in [0.5, 0.6) is 0 Å². The van der Waals surface area contributed by atoms with Crippen molar-refractivity contribution >= 4 is 15.9 Å². The van der Waals surface area contributed by atoms with Crippen molar-refractivity contribution in [2.75, 3.05) is 58.9 Å². The van der Waals surface area contributed by atoms with Gasteiger partial charge in [-0.3, -0.25) is 9.69 Å². The van der Waals surface area contributed by atoms with Gasteiger partial charge in [0.05, 0.1) is 22.6 Å². The lowest BCUT2D eigenvalue weighted by Gasteiger charge is -2.40. The molecule has 2 aliphatic rings. The first-order chi connectivity index (χ1) is 13.9. The summed E-state index contributed by atoms with van der Waals surface area (Å²) in [5.74, 6) is 0.129. The van der Waals surface area contributed by atoms with Crippen LogP contribution in [0.4, 0.5) is 0 Å². The molecule has 0 saturated carbocycles. The minimum atomic E-state index is -3.59. The minimum Gasteiger partial charge on any atom is -0.339 e. The number of hydrogen-bond donors (Lipinski definition) is 0. The number of benzene rings is 1. The molecule has 0 bridgehead atoms. The number of carbonyl (C=O) groups is 1. The van der Waals surface area contributed by atoms with Gasteiger partial charge in [0.25, 0.3) is 0 Å². The van der Waals surface area contributed by atoms with E-state index < -0.39 is 10.0 Å². The molecule has 0 aromatic heterocycles. The first kappa shape index (κ1) is 21.7. The second kappa shape index (κ2) is 9.22. The molecule has 1 amide bonds. The Hall–Kier alpha value is -1.99. The maximum atomic E-state index is 12.9. The third-order valence-electron chi connectivity index (χ3n) is 5.93. The van der Waals surface area contributed by atoms with Crippen molar-refractivity contribution in [3.63, 3.8) is 0 Å². The smallest absolute Gasteiger partial charge is 0.243 e. The molecule has 0 spiro atoms. The van der Waals surface area contributed by atoms with Crippen LogP contribution in [0.15, 0.2) is 29.2 Å². The van der Waals surface area contributed by atoms with Crippen LogP contribution in [0, 0.1) is 11.3 Å². The van der Waals surface area contributed by atoms with Gasteiger partial charge in [0.15, 0.2) is 0 Å². The summed E-state index contributed by atoms with van der Waals surface area (Å²) in [5.41, 5.74) is 0.431. The number of sulfonamides is 1. The first-order valence-electron chi connectivity index (χ1n) is 10.1. The Morgan fingerprint density at radius 1 is 1.03 bits per heavy atom. The largest absolute Gasteiger partial charge is 0.339 e. The fourth-order valence-electron chi connectivity index (χ4n) is 3.89. The highest BCUT2D eigenvalue weighted by Crippen LogP contribution is 2.19. The van der Waals surface area contributed by atoms with E-state index in [2.05, 4.69) is 16.7 Å². The SMILES string of the molecule is CCN1CCN(C(=O)[C@H](C)N2CCN(S(=O)(=O)c3ccc(C#N)cc3)CC2)CC1. The van der Waals surface area contributed by atoms with E-state index in [1.54, 1.807) is 0 Å². The Morgan fingerprint density at radius 3 is 2.14 bits per heavy atom. The molecule has 2 fully saturated rings. The molecule has 9 heteroatoms. The molecule has 2 aliphatic heterocycles. The third-order valence-corrected chi connectivity index (χ3v) is 7.84. The van der Waals surface area contributed by atoms with Gasteiger partial charge >= 0.3 is 0 Å². The van der Waals surface area contributed by atoms with Crippen molar-refractivity contribution in [2.24, 2.45) is 0 Å². The van der Waals surface area contributed by atoms with Crippen LogP contribution in [0.3, 0.4) is 0 Å². The van der Waals surface area contributed by atoms with Crippen LogP contribution in [0.25, 0.3) is 0 Å². The van der Waals surface area contributed by atoms with E-state index in [9.17, 15) is 13.2 Å². The van der Waals surface area contributed by atoms with Gasteiger partial charge in [0.1, 0.15) is 0 Å². The van der Waals surface area contributed by atoms with E-state index in [0.29, 0.717) is 31.7 Å². The van der Waals surface area contributed by atoms with Crippen LogP contribution in [-0.4, -0.2) is 98.3 Å². The van der Waals surface area contributed by atoms with Gasteiger partial charge in [-0.05, 0) is 37.7 Å². The molecule has 0 radical (unpaired) electrons. The van der Waals surface area contributed by atoms with Gasteiger partial charge in [-0.2, -0.15) is 9.57 Å². The molecule has 0 aliphatic carbocycles. The molecule has 1 aromatic rings. The average Bonchev–Trinajstić information content (AvgIpc) is 2.78. The molecular formula is C20H29N5O3S. The zero-order chi connectivity index (χ0) is 21.0. The summed E-state index contributed by atoms with van der Waals surface area (Å²) in [7, 11) is -3.59. The van der Waals surface area contributed by atoms with Gasteiger partial charge in [0.2, 0.25) is 15.9 Å². The van der Waals surface area contributed by atoms with Crippen molar-refractivity contribution in [2.45, 2.75) is 24.8 Å². The number of likely N-dealkylation sites (N-methyl/N-ethyl adjacent to an activating group) is 1. The van der Waals surface area contributed by atoms with Crippen LogP contribution in [0.1, 0.15) is 19.4 Å². The number of nitriles is 1. The Morgan fingerprint density at radius 2 is 1.62 bits per heavy atom. The van der Waals surface area contributed by atoms with Crippen LogP contribution in [0.2, 0.25) is 0 Å². The molecule has 3 rings (SSSR count). The monoisotopic (exact) mass is 419 g/mol. The standard InChI is InChI=1S/C20H29N5O3S/c1-3-22-8-10-24(11-9-22)20(26)17(2)23-12-14-25(15-13-23)29(27,28)19-6-4-18(16-21)5-7-19/h4-7,17H,3,8-15H2,1-2H3/t17-/m0/s1. The Balaban J connectivity index is 1.56. The Bertz CT molecular complexity index is 849. The van der Waals surface area contributed by atoms with Crippen molar-refractivity contribution in [1.82, 2.24) is 19.0 Å². The molecule has 1 atom stereocenters. The zero-order valence-electron chi connectivity index (χ0n) is 17.1. The summed E-state index contributed by atoms with van der Waals surface area (Å²) >= 11 is 0. The summed E-state index contributed by atoms with van der Waals surface area (Å²) in [6, 6.07) is 7.73. The number of hydrogen-bond acceptors (Lipinski definition) is 6. The van der Waals surface area contributed by atoms with Crippen molar-refractivity contribution in [1.29, 1.82) is 5.26 Å².